The number of nitrogens with two attached hydrogens (primary N) is 1. The molecule has 0 aliphatic carbocycles. The Balaban J connectivity index is 2.39. The van der Waals surface area contributed by atoms with Crippen LogP contribution < -0.4 is 10.5 Å². The fraction of sp³-hybridized carbons (Fsp3) is 0. The summed E-state index contributed by atoms with van der Waals surface area (Å²) in [5, 5.41) is 10.6. The molecule has 2 aromatic rings. The first-order valence-corrected chi connectivity index (χ1v) is 5.25. The van der Waals surface area contributed by atoms with E-state index in [0.717, 1.165) is 12.3 Å². The highest BCUT2D eigenvalue weighted by molar-refractivity contribution is 6.30. The molecule has 0 atom stereocenters. The zero-order valence-electron chi connectivity index (χ0n) is 9.21. The number of hydrogen-bond donors (Lipinski definition) is 1. The highest BCUT2D eigenvalue weighted by Gasteiger charge is 2.19. The summed E-state index contributed by atoms with van der Waals surface area (Å²) < 4.78 is 18.1. The van der Waals surface area contributed by atoms with Crippen LogP contribution >= 0.6 is 11.6 Å². The smallest absolute Gasteiger partial charge is 0.349 e. The predicted molar refractivity (Wildman–Crippen MR) is 64.6 cm³/mol. The Bertz CT molecular complexity index is 653. The molecular formula is C10H6ClFN4O3. The lowest BCUT2D eigenvalue weighted by molar-refractivity contribution is -0.386. The van der Waals surface area contributed by atoms with E-state index >= 15 is 0 Å². The Morgan fingerprint density at radius 3 is 2.84 bits per heavy atom. The minimum Gasteiger partial charge on any atom is -0.434 e. The minimum absolute atomic E-state index is 0.0904. The molecule has 0 aliphatic rings. The van der Waals surface area contributed by atoms with Crippen LogP contribution in [0, 0.1) is 15.9 Å². The molecule has 0 aliphatic heterocycles. The zero-order valence-corrected chi connectivity index (χ0v) is 9.96. The van der Waals surface area contributed by atoms with E-state index in [1.807, 2.05) is 0 Å². The standard InChI is InChI=1S/C10H6ClFN4O3/c11-6-3-5(1-2-7(6)12)19-9-8(16(17)18)4-14-10(13)15-9/h1-4H,(H2,13,14,15). The number of anilines is 1. The van der Waals surface area contributed by atoms with Gasteiger partial charge in [0, 0.05) is 6.07 Å². The molecule has 2 N–H and O–H groups in total. The Morgan fingerprint density at radius 1 is 1.47 bits per heavy atom. The van der Waals surface area contributed by atoms with Gasteiger partial charge in [-0.2, -0.15) is 4.98 Å². The fourth-order valence-electron chi connectivity index (χ4n) is 1.22. The van der Waals surface area contributed by atoms with Crippen molar-refractivity contribution in [1.29, 1.82) is 0 Å². The van der Waals surface area contributed by atoms with E-state index in [9.17, 15) is 14.5 Å². The summed E-state index contributed by atoms with van der Waals surface area (Å²) in [6, 6.07) is 3.48. The van der Waals surface area contributed by atoms with Gasteiger partial charge < -0.3 is 10.5 Å². The van der Waals surface area contributed by atoms with E-state index in [1.165, 1.54) is 12.1 Å². The maximum atomic E-state index is 13.0. The largest absolute Gasteiger partial charge is 0.434 e. The normalized spacial score (nSPS) is 10.2. The highest BCUT2D eigenvalue weighted by atomic mass is 35.5. The number of nitrogens with zero attached hydrogens (tertiary/aromatic N) is 3. The van der Waals surface area contributed by atoms with Gasteiger partial charge in [-0.15, -0.1) is 0 Å². The van der Waals surface area contributed by atoms with E-state index in [1.54, 1.807) is 0 Å². The molecule has 19 heavy (non-hydrogen) atoms. The molecule has 7 nitrogen and oxygen atoms in total. The first-order chi connectivity index (χ1) is 8.97. The van der Waals surface area contributed by atoms with Crippen LogP contribution in [0.1, 0.15) is 0 Å². The number of benzene rings is 1. The van der Waals surface area contributed by atoms with Gasteiger partial charge in [0.05, 0.1) is 9.95 Å². The van der Waals surface area contributed by atoms with Crippen molar-refractivity contribution >= 4 is 23.2 Å². The van der Waals surface area contributed by atoms with Gasteiger partial charge in [-0.3, -0.25) is 10.1 Å². The molecule has 1 heterocycles. The highest BCUT2D eigenvalue weighted by Crippen LogP contribution is 2.30. The molecule has 2 rings (SSSR count). The lowest BCUT2D eigenvalue weighted by atomic mass is 10.3. The van der Waals surface area contributed by atoms with E-state index < -0.39 is 16.4 Å². The van der Waals surface area contributed by atoms with Crippen LogP contribution in [-0.4, -0.2) is 14.9 Å². The van der Waals surface area contributed by atoms with Gasteiger partial charge in [0.2, 0.25) is 5.95 Å². The van der Waals surface area contributed by atoms with Crippen molar-refractivity contribution in [2.75, 3.05) is 5.73 Å². The Kier molecular flexibility index (Phi) is 3.43. The van der Waals surface area contributed by atoms with Crippen molar-refractivity contribution in [3.8, 4) is 11.6 Å². The molecule has 0 spiro atoms. The third-order valence-electron chi connectivity index (χ3n) is 2.06. The Hall–Kier alpha value is -2.48. The molecule has 1 aromatic heterocycles. The molecule has 98 valence electrons. The second-order valence-electron chi connectivity index (χ2n) is 3.35. The lowest BCUT2D eigenvalue weighted by Crippen LogP contribution is -2.01. The molecule has 0 radical (unpaired) electrons. The maximum absolute atomic E-state index is 13.0. The second-order valence-corrected chi connectivity index (χ2v) is 3.76. The number of nitrogen functional groups attached to an aromatic ring is 1. The first-order valence-electron chi connectivity index (χ1n) is 4.87. The van der Waals surface area contributed by atoms with Crippen LogP contribution in [0.2, 0.25) is 5.02 Å². The summed E-state index contributed by atoms with van der Waals surface area (Å²) in [6.45, 7) is 0. The van der Waals surface area contributed by atoms with Crippen molar-refractivity contribution in [3.63, 3.8) is 0 Å². The van der Waals surface area contributed by atoms with Gasteiger partial charge >= 0.3 is 11.6 Å². The van der Waals surface area contributed by atoms with E-state index in [-0.39, 0.29) is 22.6 Å². The van der Waals surface area contributed by atoms with E-state index in [0.29, 0.717) is 0 Å². The van der Waals surface area contributed by atoms with Crippen LogP contribution in [0.25, 0.3) is 0 Å². The number of rotatable bonds is 3. The van der Waals surface area contributed by atoms with Crippen molar-refractivity contribution in [1.82, 2.24) is 9.97 Å². The third-order valence-corrected chi connectivity index (χ3v) is 2.35. The second kappa shape index (κ2) is 5.02. The average Bonchev–Trinajstić information content (AvgIpc) is 2.33. The van der Waals surface area contributed by atoms with Gasteiger partial charge in [-0.25, -0.2) is 9.37 Å². The number of ether oxygens (including phenoxy) is 1. The molecule has 9 heteroatoms. The topological polar surface area (TPSA) is 104 Å². The number of halogens is 2. The summed E-state index contributed by atoms with van der Waals surface area (Å²) in [6.07, 6.45) is 0.919. The minimum atomic E-state index is -0.722. The van der Waals surface area contributed by atoms with Gasteiger partial charge in [-0.05, 0) is 12.1 Å². The maximum Gasteiger partial charge on any atom is 0.349 e. The van der Waals surface area contributed by atoms with Gasteiger partial charge in [0.25, 0.3) is 0 Å². The van der Waals surface area contributed by atoms with Crippen LogP contribution in [-0.2, 0) is 0 Å². The lowest BCUT2D eigenvalue weighted by Gasteiger charge is -2.06. The first kappa shape index (κ1) is 13.0. The zero-order chi connectivity index (χ0) is 14.0. The van der Waals surface area contributed by atoms with E-state index in [4.69, 9.17) is 22.1 Å². The SMILES string of the molecule is Nc1ncc([N+](=O)[O-])c(Oc2ccc(F)c(Cl)c2)n1. The van der Waals surface area contributed by atoms with Gasteiger partial charge in [0.15, 0.2) is 0 Å². The Morgan fingerprint density at radius 2 is 2.21 bits per heavy atom. The number of hydrogen-bond acceptors (Lipinski definition) is 6. The Labute approximate surface area is 111 Å². The molecule has 0 amide bonds. The molecule has 0 bridgehead atoms. The van der Waals surface area contributed by atoms with Crippen molar-refractivity contribution < 1.29 is 14.1 Å². The molecule has 0 saturated heterocycles. The quantitative estimate of drug-likeness (QED) is 0.686. The third kappa shape index (κ3) is 2.86. The van der Waals surface area contributed by atoms with Crippen LogP contribution in [0.5, 0.6) is 11.6 Å². The summed E-state index contributed by atoms with van der Waals surface area (Å²) in [4.78, 5) is 17.1. The number of nitro groups is 1. The van der Waals surface area contributed by atoms with Crippen molar-refractivity contribution in [3.05, 3.63) is 45.4 Å². The van der Waals surface area contributed by atoms with Crippen LogP contribution in [0.15, 0.2) is 24.4 Å². The predicted octanol–water partition coefficient (Wildman–Crippen LogP) is 2.55. The molecule has 1 aromatic carbocycles. The molecule has 0 unspecified atom stereocenters. The van der Waals surface area contributed by atoms with Gasteiger partial charge in [0.1, 0.15) is 17.8 Å². The summed E-state index contributed by atoms with van der Waals surface area (Å²) in [5.74, 6) is -1.08. The average molecular weight is 285 g/mol. The fourth-order valence-corrected chi connectivity index (χ4v) is 1.40. The number of aromatic nitrogens is 2. The summed E-state index contributed by atoms with van der Waals surface area (Å²) in [5.41, 5.74) is 4.86. The van der Waals surface area contributed by atoms with Crippen molar-refractivity contribution in [2.24, 2.45) is 0 Å². The molecule has 0 fully saturated rings. The molecular weight excluding hydrogens is 279 g/mol. The van der Waals surface area contributed by atoms with Crippen molar-refractivity contribution in [2.45, 2.75) is 0 Å². The summed E-state index contributed by atoms with van der Waals surface area (Å²) >= 11 is 5.57. The van der Waals surface area contributed by atoms with Crippen LogP contribution in [0.4, 0.5) is 16.0 Å². The molecule has 0 saturated carbocycles. The summed E-state index contributed by atoms with van der Waals surface area (Å²) in [7, 11) is 0. The van der Waals surface area contributed by atoms with Gasteiger partial charge in [-0.1, -0.05) is 11.6 Å². The van der Waals surface area contributed by atoms with Crippen LogP contribution in [0.3, 0.4) is 0 Å². The van der Waals surface area contributed by atoms with E-state index in [2.05, 4.69) is 9.97 Å². The monoisotopic (exact) mass is 284 g/mol.